The Morgan fingerprint density at radius 1 is 0.949 bits per heavy atom. The van der Waals surface area contributed by atoms with Gasteiger partial charge in [-0.2, -0.15) is 4.31 Å². The highest BCUT2D eigenvalue weighted by Gasteiger charge is 2.34. The molecule has 5 rings (SSSR count). The molecule has 3 aromatic rings. The van der Waals surface area contributed by atoms with Gasteiger partial charge in [-0.05, 0) is 79.4 Å². The first kappa shape index (κ1) is 27.5. The Hall–Kier alpha value is -3.11. The van der Waals surface area contributed by atoms with Gasteiger partial charge in [0.25, 0.3) is 5.91 Å². The van der Waals surface area contributed by atoms with E-state index in [2.05, 4.69) is 5.32 Å². The molecule has 2 aliphatic rings. The van der Waals surface area contributed by atoms with Crippen LogP contribution in [0.5, 0.6) is 5.75 Å². The van der Waals surface area contributed by atoms with E-state index in [1.807, 2.05) is 18.2 Å². The van der Waals surface area contributed by atoms with Gasteiger partial charge in [-0.1, -0.05) is 29.3 Å². The van der Waals surface area contributed by atoms with E-state index in [9.17, 15) is 18.0 Å². The monoisotopic (exact) mass is 587 g/mol. The van der Waals surface area contributed by atoms with Gasteiger partial charge in [-0.25, -0.2) is 8.42 Å². The molecule has 1 saturated heterocycles. The number of fused-ring (bicyclic) bond motifs is 1. The molecule has 0 spiro atoms. The SMILES string of the molecule is COc1ccc(C(=O)N2CCc3ccc(NC(=O)C4CCN(S(=O)(=O)c5cc(Cl)ccc5Cl)CC4)cc32)cc1. The molecular formula is C28H27Cl2N3O5S. The maximum atomic E-state index is 13.2. The fourth-order valence-electron chi connectivity index (χ4n) is 4.97. The largest absolute Gasteiger partial charge is 0.497 e. The van der Waals surface area contributed by atoms with Gasteiger partial charge >= 0.3 is 0 Å². The number of carbonyl (C=O) groups excluding carboxylic acids is 2. The molecule has 0 atom stereocenters. The number of nitrogens with one attached hydrogen (secondary N) is 1. The van der Waals surface area contributed by atoms with Crippen LogP contribution in [0.15, 0.2) is 65.6 Å². The van der Waals surface area contributed by atoms with Gasteiger partial charge in [0.05, 0.1) is 12.1 Å². The van der Waals surface area contributed by atoms with E-state index in [0.717, 1.165) is 17.7 Å². The fraction of sp³-hybridized carbons (Fsp3) is 0.286. The number of hydrogen-bond donors (Lipinski definition) is 1. The van der Waals surface area contributed by atoms with E-state index in [4.69, 9.17) is 27.9 Å². The number of rotatable bonds is 6. The molecule has 2 aliphatic heterocycles. The highest BCUT2D eigenvalue weighted by Crippen LogP contribution is 2.34. The third kappa shape index (κ3) is 5.63. The van der Waals surface area contributed by atoms with Crippen molar-refractivity contribution in [1.82, 2.24) is 4.31 Å². The van der Waals surface area contributed by atoms with Crippen molar-refractivity contribution in [2.45, 2.75) is 24.2 Å². The molecule has 0 aliphatic carbocycles. The van der Waals surface area contributed by atoms with Crippen molar-refractivity contribution in [2.24, 2.45) is 5.92 Å². The Kier molecular flexibility index (Phi) is 7.87. The van der Waals surface area contributed by atoms with Crippen molar-refractivity contribution < 1.29 is 22.7 Å². The van der Waals surface area contributed by atoms with Crippen LogP contribution in [0.2, 0.25) is 10.0 Å². The summed E-state index contributed by atoms with van der Waals surface area (Å²) >= 11 is 12.1. The number of carbonyl (C=O) groups is 2. The number of ether oxygens (including phenoxy) is 1. The molecule has 0 bridgehead atoms. The maximum absolute atomic E-state index is 13.2. The Balaban J connectivity index is 1.24. The van der Waals surface area contributed by atoms with Crippen molar-refractivity contribution in [1.29, 1.82) is 0 Å². The molecule has 39 heavy (non-hydrogen) atoms. The molecule has 2 amide bonds. The minimum Gasteiger partial charge on any atom is -0.497 e. The fourth-order valence-corrected chi connectivity index (χ4v) is 7.18. The van der Waals surface area contributed by atoms with Crippen molar-refractivity contribution in [2.75, 3.05) is 37.0 Å². The number of benzene rings is 3. The number of piperidine rings is 1. The summed E-state index contributed by atoms with van der Waals surface area (Å²) in [6, 6.07) is 16.9. The van der Waals surface area contributed by atoms with Crippen LogP contribution in [-0.4, -0.2) is 51.3 Å². The first-order chi connectivity index (χ1) is 18.7. The number of methoxy groups -OCH3 is 1. The second-order valence-corrected chi connectivity index (χ2v) is 12.3. The topological polar surface area (TPSA) is 96.0 Å². The lowest BCUT2D eigenvalue weighted by Gasteiger charge is -2.30. The zero-order valence-corrected chi connectivity index (χ0v) is 23.5. The zero-order chi connectivity index (χ0) is 27.7. The summed E-state index contributed by atoms with van der Waals surface area (Å²) in [5.41, 5.74) is 2.95. The number of hydrogen-bond acceptors (Lipinski definition) is 5. The summed E-state index contributed by atoms with van der Waals surface area (Å²) in [4.78, 5) is 27.9. The molecule has 11 heteroatoms. The van der Waals surface area contributed by atoms with Crippen LogP contribution in [0.4, 0.5) is 11.4 Å². The summed E-state index contributed by atoms with van der Waals surface area (Å²) in [6.07, 6.45) is 1.47. The summed E-state index contributed by atoms with van der Waals surface area (Å²) < 4.78 is 32.7. The quantitative estimate of drug-likeness (QED) is 0.425. The van der Waals surface area contributed by atoms with Gasteiger partial charge in [-0.15, -0.1) is 0 Å². The number of anilines is 2. The molecule has 0 radical (unpaired) electrons. The van der Waals surface area contributed by atoms with E-state index >= 15 is 0 Å². The minimum absolute atomic E-state index is 0.0357. The van der Waals surface area contributed by atoms with E-state index in [0.29, 0.717) is 36.4 Å². The lowest BCUT2D eigenvalue weighted by Crippen LogP contribution is -2.41. The summed E-state index contributed by atoms with van der Waals surface area (Å²) in [5, 5.41) is 3.35. The van der Waals surface area contributed by atoms with Gasteiger partial charge in [0, 0.05) is 47.5 Å². The molecule has 2 heterocycles. The third-order valence-corrected chi connectivity index (χ3v) is 9.78. The van der Waals surface area contributed by atoms with Crippen LogP contribution >= 0.6 is 23.2 Å². The molecule has 1 fully saturated rings. The summed E-state index contributed by atoms with van der Waals surface area (Å²) in [6.45, 7) is 0.941. The van der Waals surface area contributed by atoms with Crippen LogP contribution in [0.25, 0.3) is 0 Å². The minimum atomic E-state index is -3.83. The lowest BCUT2D eigenvalue weighted by atomic mass is 9.97. The smallest absolute Gasteiger partial charge is 0.258 e. The number of sulfonamides is 1. The molecular weight excluding hydrogens is 561 g/mol. The van der Waals surface area contributed by atoms with Gasteiger partial charge in [0.15, 0.2) is 0 Å². The zero-order valence-electron chi connectivity index (χ0n) is 21.2. The molecule has 8 nitrogen and oxygen atoms in total. The van der Waals surface area contributed by atoms with Crippen molar-refractivity contribution in [3.63, 3.8) is 0 Å². The van der Waals surface area contributed by atoms with E-state index in [1.165, 1.54) is 22.5 Å². The second kappa shape index (κ2) is 11.2. The van der Waals surface area contributed by atoms with Gasteiger partial charge in [0.1, 0.15) is 10.6 Å². The molecule has 204 valence electrons. The van der Waals surface area contributed by atoms with Crippen LogP contribution in [0, 0.1) is 5.92 Å². The van der Waals surface area contributed by atoms with Crippen LogP contribution in [-0.2, 0) is 21.2 Å². The standard InChI is InChI=1S/C28H27Cl2N3O5S/c1-38-23-7-3-20(4-8-23)28(35)33-15-12-18-2-6-22(17-25(18)33)31-27(34)19-10-13-32(14-11-19)39(36,37)26-16-21(29)5-9-24(26)30/h2-9,16-17,19H,10-15H2,1H3,(H,31,34). The van der Waals surface area contributed by atoms with Gasteiger partial charge in [-0.3, -0.25) is 9.59 Å². The van der Waals surface area contributed by atoms with Crippen molar-refractivity contribution in [3.8, 4) is 5.75 Å². The first-order valence-corrected chi connectivity index (χ1v) is 14.7. The molecule has 0 unspecified atom stereocenters. The Morgan fingerprint density at radius 2 is 1.67 bits per heavy atom. The third-order valence-electron chi connectivity index (χ3n) is 7.17. The predicted molar refractivity (Wildman–Crippen MR) is 151 cm³/mol. The number of halogens is 2. The maximum Gasteiger partial charge on any atom is 0.258 e. The van der Waals surface area contributed by atoms with E-state index < -0.39 is 10.0 Å². The van der Waals surface area contributed by atoms with Crippen LogP contribution < -0.4 is 15.0 Å². The Labute approximate surface area is 237 Å². The molecule has 1 N–H and O–H groups in total. The van der Waals surface area contributed by atoms with Crippen molar-refractivity contribution in [3.05, 3.63) is 81.8 Å². The Morgan fingerprint density at radius 3 is 2.36 bits per heavy atom. The highest BCUT2D eigenvalue weighted by molar-refractivity contribution is 7.89. The molecule has 0 aromatic heterocycles. The first-order valence-electron chi connectivity index (χ1n) is 12.5. The molecule has 3 aromatic carbocycles. The van der Waals surface area contributed by atoms with E-state index in [-0.39, 0.29) is 45.8 Å². The van der Waals surface area contributed by atoms with Gasteiger partial charge in [0.2, 0.25) is 15.9 Å². The molecule has 0 saturated carbocycles. The van der Waals surface area contributed by atoms with Crippen molar-refractivity contribution >= 4 is 56.4 Å². The van der Waals surface area contributed by atoms with Gasteiger partial charge < -0.3 is 15.0 Å². The van der Waals surface area contributed by atoms with Crippen LogP contribution in [0.3, 0.4) is 0 Å². The average molecular weight is 589 g/mol. The van der Waals surface area contributed by atoms with Crippen LogP contribution in [0.1, 0.15) is 28.8 Å². The number of amides is 2. The van der Waals surface area contributed by atoms with E-state index in [1.54, 1.807) is 36.3 Å². The number of nitrogens with zero attached hydrogens (tertiary/aromatic N) is 2. The summed E-state index contributed by atoms with van der Waals surface area (Å²) in [7, 11) is -2.26. The lowest BCUT2D eigenvalue weighted by molar-refractivity contribution is -0.120. The normalized spacial score (nSPS) is 16.1. The second-order valence-electron chi connectivity index (χ2n) is 9.52. The summed E-state index contributed by atoms with van der Waals surface area (Å²) in [5.74, 6) is 0.0266. The highest BCUT2D eigenvalue weighted by atomic mass is 35.5. The average Bonchev–Trinajstić information content (AvgIpc) is 3.37. The Bertz CT molecular complexity index is 1520. The predicted octanol–water partition coefficient (Wildman–Crippen LogP) is 5.24.